The lowest BCUT2D eigenvalue weighted by Gasteiger charge is -2.32. The molecule has 1 aliphatic rings. The number of rotatable bonds is 6. The van der Waals surface area contributed by atoms with E-state index in [1.165, 1.54) is 5.56 Å². The van der Waals surface area contributed by atoms with E-state index in [9.17, 15) is 9.59 Å². The number of carbonyl (C=O) groups is 2. The zero-order valence-electron chi connectivity index (χ0n) is 16.5. The van der Waals surface area contributed by atoms with Gasteiger partial charge in [-0.1, -0.05) is 55.5 Å². The van der Waals surface area contributed by atoms with E-state index in [1.54, 1.807) is 0 Å². The van der Waals surface area contributed by atoms with Crippen molar-refractivity contribution in [3.8, 4) is 0 Å². The SMILES string of the molecule is CCc1ccccc1NC(=O)C(=O)NCC1CCN(Cc2ccccc2)CC1. The predicted octanol–water partition coefficient (Wildman–Crippen LogP) is 3.22. The van der Waals surface area contributed by atoms with E-state index in [0.717, 1.165) is 44.5 Å². The number of nitrogens with zero attached hydrogens (tertiary/aromatic N) is 1. The molecule has 1 aliphatic heterocycles. The predicted molar refractivity (Wildman–Crippen MR) is 112 cm³/mol. The van der Waals surface area contributed by atoms with Crippen LogP contribution >= 0.6 is 0 Å². The van der Waals surface area contributed by atoms with Crippen molar-refractivity contribution in [3.05, 3.63) is 65.7 Å². The molecule has 0 saturated carbocycles. The maximum atomic E-state index is 12.2. The maximum absolute atomic E-state index is 12.2. The number of aryl methyl sites for hydroxylation is 1. The Labute approximate surface area is 167 Å². The third-order valence-corrected chi connectivity index (χ3v) is 5.36. The Bertz CT molecular complexity index is 783. The minimum atomic E-state index is -0.595. The molecule has 0 unspecified atom stereocenters. The molecule has 1 saturated heterocycles. The van der Waals surface area contributed by atoms with Gasteiger partial charge in [0, 0.05) is 18.8 Å². The summed E-state index contributed by atoms with van der Waals surface area (Å²) in [5, 5.41) is 5.53. The summed E-state index contributed by atoms with van der Waals surface area (Å²) in [6.45, 7) is 5.59. The Kier molecular flexibility index (Phi) is 7.20. The quantitative estimate of drug-likeness (QED) is 0.758. The molecule has 0 spiro atoms. The molecule has 148 valence electrons. The monoisotopic (exact) mass is 379 g/mol. The first kappa shape index (κ1) is 20.1. The normalized spacial score (nSPS) is 15.2. The van der Waals surface area contributed by atoms with Crippen LogP contribution in [0.2, 0.25) is 0 Å². The molecule has 2 N–H and O–H groups in total. The molecule has 2 amide bonds. The second-order valence-electron chi connectivity index (χ2n) is 7.38. The average molecular weight is 380 g/mol. The van der Waals surface area contributed by atoms with Crippen LogP contribution in [0.1, 0.15) is 30.9 Å². The van der Waals surface area contributed by atoms with Crippen LogP contribution in [-0.2, 0) is 22.6 Å². The Balaban J connectivity index is 1.40. The van der Waals surface area contributed by atoms with Gasteiger partial charge in [-0.2, -0.15) is 0 Å². The van der Waals surface area contributed by atoms with Gasteiger partial charge in [-0.15, -0.1) is 0 Å². The molecular formula is C23H29N3O2. The van der Waals surface area contributed by atoms with E-state index in [2.05, 4.69) is 39.8 Å². The van der Waals surface area contributed by atoms with Gasteiger partial charge in [0.25, 0.3) is 0 Å². The maximum Gasteiger partial charge on any atom is 0.313 e. The van der Waals surface area contributed by atoms with Crippen molar-refractivity contribution < 1.29 is 9.59 Å². The van der Waals surface area contributed by atoms with Crippen LogP contribution < -0.4 is 10.6 Å². The van der Waals surface area contributed by atoms with Crippen LogP contribution in [0.5, 0.6) is 0 Å². The zero-order chi connectivity index (χ0) is 19.8. The molecule has 0 aromatic heterocycles. The lowest BCUT2D eigenvalue weighted by molar-refractivity contribution is -0.136. The fourth-order valence-electron chi connectivity index (χ4n) is 3.64. The van der Waals surface area contributed by atoms with Gasteiger partial charge in [-0.25, -0.2) is 0 Å². The topological polar surface area (TPSA) is 61.4 Å². The first-order valence-electron chi connectivity index (χ1n) is 10.1. The molecule has 0 atom stereocenters. The van der Waals surface area contributed by atoms with Gasteiger partial charge in [-0.05, 0) is 55.5 Å². The first-order valence-corrected chi connectivity index (χ1v) is 10.1. The third kappa shape index (κ3) is 5.67. The third-order valence-electron chi connectivity index (χ3n) is 5.36. The van der Waals surface area contributed by atoms with Crippen LogP contribution in [0, 0.1) is 5.92 Å². The number of anilines is 1. The molecule has 2 aromatic rings. The Morgan fingerprint density at radius 2 is 1.64 bits per heavy atom. The van der Waals surface area contributed by atoms with Gasteiger partial charge in [0.1, 0.15) is 0 Å². The van der Waals surface area contributed by atoms with E-state index in [4.69, 9.17) is 0 Å². The van der Waals surface area contributed by atoms with Crippen molar-refractivity contribution in [2.45, 2.75) is 32.7 Å². The fourth-order valence-corrected chi connectivity index (χ4v) is 3.64. The van der Waals surface area contributed by atoms with E-state index in [-0.39, 0.29) is 0 Å². The number of hydrogen-bond acceptors (Lipinski definition) is 3. The smallest absolute Gasteiger partial charge is 0.313 e. The van der Waals surface area contributed by atoms with Crippen molar-refractivity contribution in [1.82, 2.24) is 10.2 Å². The molecule has 0 radical (unpaired) electrons. The standard InChI is InChI=1S/C23H29N3O2/c1-2-20-10-6-7-11-21(20)25-23(28)22(27)24-16-18-12-14-26(15-13-18)17-19-8-4-3-5-9-19/h3-11,18H,2,12-17H2,1H3,(H,24,27)(H,25,28). The van der Waals surface area contributed by atoms with Gasteiger partial charge < -0.3 is 10.6 Å². The summed E-state index contributed by atoms with van der Waals surface area (Å²) in [4.78, 5) is 26.8. The highest BCUT2D eigenvalue weighted by Gasteiger charge is 2.21. The minimum absolute atomic E-state index is 0.423. The summed E-state index contributed by atoms with van der Waals surface area (Å²) in [6, 6.07) is 18.1. The Morgan fingerprint density at radius 3 is 2.36 bits per heavy atom. The van der Waals surface area contributed by atoms with E-state index in [0.29, 0.717) is 18.2 Å². The number of piperidine rings is 1. The Morgan fingerprint density at radius 1 is 0.964 bits per heavy atom. The molecule has 1 heterocycles. The molecule has 2 aromatic carbocycles. The number of benzene rings is 2. The van der Waals surface area contributed by atoms with Crippen molar-refractivity contribution >= 4 is 17.5 Å². The largest absolute Gasteiger partial charge is 0.348 e. The van der Waals surface area contributed by atoms with E-state index in [1.807, 2.05) is 37.3 Å². The van der Waals surface area contributed by atoms with Gasteiger partial charge in [-0.3, -0.25) is 14.5 Å². The van der Waals surface area contributed by atoms with E-state index < -0.39 is 11.8 Å². The first-order chi connectivity index (χ1) is 13.7. The molecule has 0 bridgehead atoms. The lowest BCUT2D eigenvalue weighted by atomic mass is 9.96. The summed E-state index contributed by atoms with van der Waals surface area (Å²) in [6.07, 6.45) is 2.88. The second kappa shape index (κ2) is 10.0. The average Bonchev–Trinajstić information content (AvgIpc) is 2.74. The lowest BCUT2D eigenvalue weighted by Crippen LogP contribution is -2.41. The van der Waals surface area contributed by atoms with E-state index >= 15 is 0 Å². The van der Waals surface area contributed by atoms with Crippen molar-refractivity contribution in [3.63, 3.8) is 0 Å². The van der Waals surface area contributed by atoms with Gasteiger partial charge in [0.2, 0.25) is 0 Å². The van der Waals surface area contributed by atoms with Crippen molar-refractivity contribution in [2.75, 3.05) is 25.0 Å². The highest BCUT2D eigenvalue weighted by molar-refractivity contribution is 6.39. The molecule has 5 heteroatoms. The van der Waals surface area contributed by atoms with Crippen molar-refractivity contribution in [1.29, 1.82) is 0 Å². The zero-order valence-corrected chi connectivity index (χ0v) is 16.5. The van der Waals surface area contributed by atoms with Crippen LogP contribution in [0.3, 0.4) is 0 Å². The van der Waals surface area contributed by atoms with Gasteiger partial charge in [0.15, 0.2) is 0 Å². The summed E-state index contributed by atoms with van der Waals surface area (Å²) in [5.74, 6) is -0.730. The van der Waals surface area contributed by atoms with Crippen LogP contribution in [0.15, 0.2) is 54.6 Å². The minimum Gasteiger partial charge on any atom is -0.348 e. The second-order valence-corrected chi connectivity index (χ2v) is 7.38. The number of carbonyl (C=O) groups excluding carboxylic acids is 2. The number of para-hydroxylation sites is 1. The highest BCUT2D eigenvalue weighted by Crippen LogP contribution is 2.19. The van der Waals surface area contributed by atoms with Gasteiger partial charge in [0.05, 0.1) is 0 Å². The number of nitrogens with one attached hydrogen (secondary N) is 2. The fraction of sp³-hybridized carbons (Fsp3) is 0.391. The molecule has 1 fully saturated rings. The molecule has 5 nitrogen and oxygen atoms in total. The number of hydrogen-bond donors (Lipinski definition) is 2. The molecule has 3 rings (SSSR count). The molecular weight excluding hydrogens is 350 g/mol. The summed E-state index contributed by atoms with van der Waals surface area (Å²) < 4.78 is 0. The Hall–Kier alpha value is -2.66. The number of amides is 2. The summed E-state index contributed by atoms with van der Waals surface area (Å²) in [5.41, 5.74) is 3.06. The number of likely N-dealkylation sites (tertiary alicyclic amines) is 1. The van der Waals surface area contributed by atoms with Crippen LogP contribution in [0.25, 0.3) is 0 Å². The molecule has 0 aliphatic carbocycles. The highest BCUT2D eigenvalue weighted by atomic mass is 16.2. The van der Waals surface area contributed by atoms with Crippen LogP contribution in [0.4, 0.5) is 5.69 Å². The molecule has 28 heavy (non-hydrogen) atoms. The van der Waals surface area contributed by atoms with Crippen molar-refractivity contribution in [2.24, 2.45) is 5.92 Å². The summed E-state index contributed by atoms with van der Waals surface area (Å²) >= 11 is 0. The van der Waals surface area contributed by atoms with Crippen LogP contribution in [-0.4, -0.2) is 36.3 Å². The van der Waals surface area contributed by atoms with Gasteiger partial charge >= 0.3 is 11.8 Å². The summed E-state index contributed by atoms with van der Waals surface area (Å²) in [7, 11) is 0.